The monoisotopic (exact) mass is 328 g/mol. The van der Waals surface area contributed by atoms with Gasteiger partial charge in [0.15, 0.2) is 0 Å². The molecule has 2 amide bonds. The third-order valence-electron chi connectivity index (χ3n) is 2.96. The maximum atomic E-state index is 12.4. The fourth-order valence-corrected chi connectivity index (χ4v) is 1.96. The first-order chi connectivity index (χ1) is 10.5. The van der Waals surface area contributed by atoms with Crippen LogP contribution in [0.3, 0.4) is 0 Å². The van der Waals surface area contributed by atoms with Crippen molar-refractivity contribution in [1.82, 2.24) is 10.6 Å². The number of amides is 2. The van der Waals surface area contributed by atoms with Crippen LogP contribution >= 0.6 is 0 Å². The lowest BCUT2D eigenvalue weighted by Crippen LogP contribution is -2.46. The number of halogens is 3. The summed E-state index contributed by atoms with van der Waals surface area (Å²) in [5, 5.41) is 4.94. The van der Waals surface area contributed by atoms with Gasteiger partial charge in [0.05, 0.1) is 6.42 Å². The number of benzene rings is 1. The van der Waals surface area contributed by atoms with E-state index < -0.39 is 24.0 Å². The zero-order valence-corrected chi connectivity index (χ0v) is 13.0. The molecule has 0 saturated heterocycles. The van der Waals surface area contributed by atoms with Crippen LogP contribution in [0.1, 0.15) is 36.2 Å². The quantitative estimate of drug-likeness (QED) is 0.789. The Labute approximate surface area is 132 Å². The molecule has 23 heavy (non-hydrogen) atoms. The van der Waals surface area contributed by atoms with Gasteiger partial charge in [0, 0.05) is 17.6 Å². The first-order valence-electron chi connectivity index (χ1n) is 6.91. The molecular weight excluding hydrogens is 309 g/mol. The van der Waals surface area contributed by atoms with Crippen LogP contribution in [0.4, 0.5) is 13.2 Å². The van der Waals surface area contributed by atoms with Crippen molar-refractivity contribution >= 4 is 11.8 Å². The van der Waals surface area contributed by atoms with E-state index in [1.807, 2.05) is 0 Å². The van der Waals surface area contributed by atoms with E-state index >= 15 is 0 Å². The standard InChI is InChI=1S/C16H19F3N2O2/c1-4-13(22)20-9-11-5-7-12(8-6-11)14(23)21-15(2,3)10-16(17,18)19/h4-8H,1,9-10H2,2-3H3,(H,20,22)(H,21,23). The predicted octanol–water partition coefficient (Wildman–Crippen LogP) is 2.95. The van der Waals surface area contributed by atoms with Gasteiger partial charge in [-0.05, 0) is 37.6 Å². The number of alkyl halides is 3. The van der Waals surface area contributed by atoms with E-state index in [1.165, 1.54) is 26.0 Å². The molecule has 0 radical (unpaired) electrons. The van der Waals surface area contributed by atoms with E-state index in [1.54, 1.807) is 12.1 Å². The van der Waals surface area contributed by atoms with Gasteiger partial charge in [-0.15, -0.1) is 0 Å². The van der Waals surface area contributed by atoms with Gasteiger partial charge in [-0.1, -0.05) is 18.7 Å². The largest absolute Gasteiger partial charge is 0.391 e. The lowest BCUT2D eigenvalue weighted by molar-refractivity contribution is -0.146. The van der Waals surface area contributed by atoms with Gasteiger partial charge in [-0.25, -0.2) is 0 Å². The number of carbonyl (C=O) groups is 2. The van der Waals surface area contributed by atoms with E-state index in [-0.39, 0.29) is 18.0 Å². The van der Waals surface area contributed by atoms with Crippen LogP contribution in [0, 0.1) is 0 Å². The van der Waals surface area contributed by atoms with Gasteiger partial charge in [-0.3, -0.25) is 9.59 Å². The Morgan fingerprint density at radius 1 is 1.17 bits per heavy atom. The van der Waals surface area contributed by atoms with E-state index in [0.29, 0.717) is 0 Å². The molecule has 7 heteroatoms. The summed E-state index contributed by atoms with van der Waals surface area (Å²) < 4.78 is 37.3. The summed E-state index contributed by atoms with van der Waals surface area (Å²) >= 11 is 0. The minimum Gasteiger partial charge on any atom is -0.348 e. The van der Waals surface area contributed by atoms with Crippen LogP contribution < -0.4 is 10.6 Å². The zero-order valence-electron chi connectivity index (χ0n) is 13.0. The molecule has 4 nitrogen and oxygen atoms in total. The van der Waals surface area contributed by atoms with Gasteiger partial charge in [0.25, 0.3) is 5.91 Å². The SMILES string of the molecule is C=CC(=O)NCc1ccc(C(=O)NC(C)(C)CC(F)(F)F)cc1. The Kier molecular flexibility index (Phi) is 5.95. The smallest absolute Gasteiger partial charge is 0.348 e. The van der Waals surface area contributed by atoms with Crippen molar-refractivity contribution < 1.29 is 22.8 Å². The number of hydrogen-bond donors (Lipinski definition) is 2. The van der Waals surface area contributed by atoms with Crippen LogP contribution in [0.5, 0.6) is 0 Å². The first kappa shape index (κ1) is 18.7. The van der Waals surface area contributed by atoms with Crippen LogP contribution in [0.15, 0.2) is 36.9 Å². The molecular formula is C16H19F3N2O2. The lowest BCUT2D eigenvalue weighted by atomic mass is 9.99. The topological polar surface area (TPSA) is 58.2 Å². The molecule has 0 aliphatic heterocycles. The van der Waals surface area contributed by atoms with Gasteiger partial charge in [0.2, 0.25) is 5.91 Å². The highest BCUT2D eigenvalue weighted by atomic mass is 19.4. The Hall–Kier alpha value is -2.31. The number of carbonyl (C=O) groups excluding carboxylic acids is 2. The van der Waals surface area contributed by atoms with E-state index in [9.17, 15) is 22.8 Å². The van der Waals surface area contributed by atoms with Gasteiger partial charge in [0.1, 0.15) is 0 Å². The molecule has 1 rings (SSSR count). The Bertz CT molecular complexity index is 578. The summed E-state index contributed by atoms with van der Waals surface area (Å²) in [7, 11) is 0. The average Bonchev–Trinajstić information content (AvgIpc) is 2.42. The minimum atomic E-state index is -4.36. The fraction of sp³-hybridized carbons (Fsp3) is 0.375. The molecule has 0 spiro atoms. The summed E-state index contributed by atoms with van der Waals surface area (Å²) in [5.74, 6) is -0.901. The summed E-state index contributed by atoms with van der Waals surface area (Å²) in [4.78, 5) is 23.1. The Morgan fingerprint density at radius 2 is 1.74 bits per heavy atom. The van der Waals surface area contributed by atoms with Crippen molar-refractivity contribution in [2.45, 2.75) is 38.5 Å². The molecule has 126 valence electrons. The molecule has 0 unspecified atom stereocenters. The normalized spacial score (nSPS) is 11.7. The summed E-state index contributed by atoms with van der Waals surface area (Å²) in [5.41, 5.74) is -0.392. The van der Waals surface area contributed by atoms with Crippen LogP contribution in [-0.2, 0) is 11.3 Å². The second-order valence-electron chi connectivity index (χ2n) is 5.75. The molecule has 0 aliphatic rings. The third-order valence-corrected chi connectivity index (χ3v) is 2.96. The molecule has 0 saturated carbocycles. The predicted molar refractivity (Wildman–Crippen MR) is 80.7 cm³/mol. The molecule has 0 aliphatic carbocycles. The minimum absolute atomic E-state index is 0.249. The highest BCUT2D eigenvalue weighted by Crippen LogP contribution is 2.27. The molecule has 0 heterocycles. The maximum absolute atomic E-state index is 12.4. The molecule has 2 N–H and O–H groups in total. The van der Waals surface area contributed by atoms with Gasteiger partial charge in [-0.2, -0.15) is 13.2 Å². The van der Waals surface area contributed by atoms with Crippen molar-refractivity contribution in [1.29, 1.82) is 0 Å². The third kappa shape index (κ3) is 6.99. The fourth-order valence-electron chi connectivity index (χ4n) is 1.96. The Balaban J connectivity index is 2.67. The average molecular weight is 328 g/mol. The van der Waals surface area contributed by atoms with Crippen LogP contribution in [-0.4, -0.2) is 23.5 Å². The number of hydrogen-bond acceptors (Lipinski definition) is 2. The van der Waals surface area contributed by atoms with Crippen molar-refractivity contribution in [3.63, 3.8) is 0 Å². The van der Waals surface area contributed by atoms with E-state index in [2.05, 4.69) is 17.2 Å². The molecule has 0 bridgehead atoms. The van der Waals surface area contributed by atoms with E-state index in [4.69, 9.17) is 0 Å². The first-order valence-corrected chi connectivity index (χ1v) is 6.91. The maximum Gasteiger partial charge on any atom is 0.391 e. The molecule has 1 aromatic rings. The molecule has 0 atom stereocenters. The van der Waals surface area contributed by atoms with Crippen molar-refractivity contribution in [3.8, 4) is 0 Å². The van der Waals surface area contributed by atoms with Crippen LogP contribution in [0.25, 0.3) is 0 Å². The van der Waals surface area contributed by atoms with Crippen molar-refractivity contribution in [2.75, 3.05) is 0 Å². The number of nitrogens with one attached hydrogen (secondary N) is 2. The van der Waals surface area contributed by atoms with Crippen molar-refractivity contribution in [3.05, 3.63) is 48.0 Å². The van der Waals surface area contributed by atoms with Gasteiger partial charge >= 0.3 is 6.18 Å². The molecule has 0 aromatic heterocycles. The lowest BCUT2D eigenvalue weighted by Gasteiger charge is -2.27. The summed E-state index contributed by atoms with van der Waals surface area (Å²) in [6.45, 7) is 6.23. The highest BCUT2D eigenvalue weighted by Gasteiger charge is 2.37. The molecule has 1 aromatic carbocycles. The second kappa shape index (κ2) is 7.30. The summed E-state index contributed by atoms with van der Waals surface area (Å²) in [6.07, 6.45) is -4.33. The highest BCUT2D eigenvalue weighted by molar-refractivity contribution is 5.94. The molecule has 0 fully saturated rings. The van der Waals surface area contributed by atoms with E-state index in [0.717, 1.165) is 11.6 Å². The summed E-state index contributed by atoms with van der Waals surface area (Å²) in [6, 6.07) is 6.23. The van der Waals surface area contributed by atoms with Gasteiger partial charge < -0.3 is 10.6 Å². The zero-order chi connectivity index (χ0) is 17.7. The van der Waals surface area contributed by atoms with Crippen LogP contribution in [0.2, 0.25) is 0 Å². The van der Waals surface area contributed by atoms with Crippen molar-refractivity contribution in [2.24, 2.45) is 0 Å². The number of rotatable bonds is 6. The Morgan fingerprint density at radius 3 is 2.22 bits per heavy atom. The second-order valence-corrected chi connectivity index (χ2v) is 5.75.